The number of amides is 2. The first kappa shape index (κ1) is 28.1. The maximum Gasteiger partial charge on any atom is 0.352 e. The number of tetrazole rings is 1. The molecule has 39 heavy (non-hydrogen) atoms. The Labute approximate surface area is 228 Å². The normalized spacial score (nSPS) is 21.1. The van der Waals surface area contributed by atoms with Gasteiger partial charge in [0.2, 0.25) is 11.1 Å². The molecule has 0 saturated carbocycles. The van der Waals surface area contributed by atoms with Crippen molar-refractivity contribution in [3.63, 3.8) is 0 Å². The summed E-state index contributed by atoms with van der Waals surface area (Å²) in [7, 11) is 2.80. The second-order valence-corrected chi connectivity index (χ2v) is 10.3. The highest BCUT2D eigenvalue weighted by atomic mass is 32.2. The lowest BCUT2D eigenvalue weighted by Crippen LogP contribution is -2.81. The van der Waals surface area contributed by atoms with Gasteiger partial charge in [0.05, 0.1) is 0 Å². The molecule has 3 N–H and O–H groups in total. The van der Waals surface area contributed by atoms with Crippen molar-refractivity contribution < 1.29 is 43.7 Å². The summed E-state index contributed by atoms with van der Waals surface area (Å²) in [4.78, 5) is 62.9. The lowest BCUT2D eigenvalue weighted by atomic mass is 9.94. The van der Waals surface area contributed by atoms with E-state index in [2.05, 4.69) is 20.8 Å². The first-order valence-electron chi connectivity index (χ1n) is 11.1. The predicted octanol–water partition coefficient (Wildman–Crippen LogP) is -0.191. The van der Waals surface area contributed by atoms with Crippen LogP contribution >= 0.6 is 23.5 Å². The molecule has 2 aromatic rings. The van der Waals surface area contributed by atoms with Crippen molar-refractivity contribution in [3.8, 4) is 5.75 Å². The minimum atomic E-state index is -1.99. The van der Waals surface area contributed by atoms with E-state index in [-0.39, 0.29) is 28.5 Å². The zero-order chi connectivity index (χ0) is 28.5. The SMILES string of the molecule is CO[C@@]1(NC(=O)C(C(=O)O)c2ccc(OC(C)=O)cc2)C(=O)N2C(C(=O)O)=C(CSc3nnnn3C)CS[C@H]21. The van der Waals surface area contributed by atoms with Crippen molar-refractivity contribution in [3.05, 3.63) is 41.1 Å². The molecular formula is C22H22N6O9S2. The fraction of sp³-hybridized carbons (Fsp3) is 0.364. The molecule has 15 nitrogen and oxygen atoms in total. The number of aromatic nitrogens is 4. The summed E-state index contributed by atoms with van der Waals surface area (Å²) in [6.45, 7) is 1.20. The molecule has 3 heterocycles. The number of carbonyl (C=O) groups is 5. The monoisotopic (exact) mass is 578 g/mol. The third-order valence-corrected chi connectivity index (χ3v) is 8.35. The largest absolute Gasteiger partial charge is 0.480 e. The van der Waals surface area contributed by atoms with Gasteiger partial charge in [0.15, 0.2) is 5.92 Å². The van der Waals surface area contributed by atoms with Crippen molar-refractivity contribution in [1.82, 2.24) is 30.4 Å². The van der Waals surface area contributed by atoms with Gasteiger partial charge in [-0.2, -0.15) is 0 Å². The molecule has 1 saturated heterocycles. The van der Waals surface area contributed by atoms with Crippen molar-refractivity contribution in [1.29, 1.82) is 0 Å². The summed E-state index contributed by atoms with van der Waals surface area (Å²) in [5.74, 6) is -6.51. The molecule has 3 atom stereocenters. The highest BCUT2D eigenvalue weighted by Crippen LogP contribution is 2.47. The van der Waals surface area contributed by atoms with Gasteiger partial charge in [-0.05, 0) is 33.7 Å². The molecule has 1 fully saturated rings. The number of rotatable bonds is 10. The summed E-state index contributed by atoms with van der Waals surface area (Å²) in [6.07, 6.45) is 0. The van der Waals surface area contributed by atoms with Crippen molar-refractivity contribution in [2.45, 2.75) is 29.1 Å². The van der Waals surface area contributed by atoms with Crippen molar-refractivity contribution in [2.24, 2.45) is 7.05 Å². The summed E-state index contributed by atoms with van der Waals surface area (Å²) < 4.78 is 11.8. The Balaban J connectivity index is 1.56. The first-order valence-corrected chi connectivity index (χ1v) is 13.2. The maximum atomic E-state index is 13.3. The summed E-state index contributed by atoms with van der Waals surface area (Å²) in [5.41, 5.74) is -1.73. The number of carboxylic acid groups (broad SMARTS) is 2. The Bertz CT molecular complexity index is 1380. The standard InChI is InChI=1S/C22H22N6O9S2/c1-10(29)37-13-6-4-11(5-7-13)14(17(31)32)16(30)23-22(36-3)19(35)28-15(18(33)34)12(8-38-20(22)28)9-39-21-24-25-26-27(21)2/h4-7,14,20H,8-9H2,1-3H3,(H,23,30)(H,31,32)(H,33,34)/t14?,20-,22-/m0/s1. The average molecular weight is 579 g/mol. The van der Waals surface area contributed by atoms with Gasteiger partial charge >= 0.3 is 17.9 Å². The molecule has 0 aliphatic carbocycles. The minimum absolute atomic E-state index is 0.0609. The van der Waals surface area contributed by atoms with Gasteiger partial charge in [0.25, 0.3) is 11.6 Å². The number of thioether (sulfide) groups is 2. The fourth-order valence-electron chi connectivity index (χ4n) is 4.11. The molecule has 0 spiro atoms. The van der Waals surface area contributed by atoms with Crippen molar-refractivity contribution in [2.75, 3.05) is 18.6 Å². The van der Waals surface area contributed by atoms with Crippen molar-refractivity contribution >= 4 is 53.2 Å². The number of nitrogens with zero attached hydrogens (tertiary/aromatic N) is 5. The number of nitrogens with one attached hydrogen (secondary N) is 1. The Kier molecular flexibility index (Phi) is 7.94. The van der Waals surface area contributed by atoms with Gasteiger partial charge in [-0.25, -0.2) is 9.48 Å². The van der Waals surface area contributed by atoms with Crippen LogP contribution in [0.2, 0.25) is 0 Å². The van der Waals surface area contributed by atoms with Gasteiger partial charge in [0, 0.05) is 32.6 Å². The molecule has 17 heteroatoms. The van der Waals surface area contributed by atoms with E-state index in [1.54, 1.807) is 7.05 Å². The van der Waals surface area contributed by atoms with E-state index < -0.39 is 46.7 Å². The van der Waals surface area contributed by atoms with Gasteiger partial charge in [-0.1, -0.05) is 23.9 Å². The molecule has 2 aliphatic rings. The van der Waals surface area contributed by atoms with E-state index in [0.717, 1.165) is 23.8 Å². The summed E-state index contributed by atoms with van der Waals surface area (Å²) in [5, 5.41) is 32.7. The van der Waals surface area contributed by atoms with E-state index in [0.29, 0.717) is 10.7 Å². The number of fused-ring (bicyclic) bond motifs is 1. The zero-order valence-electron chi connectivity index (χ0n) is 20.7. The second kappa shape index (κ2) is 11.0. The quantitative estimate of drug-likeness (QED) is 0.0835. The number of methoxy groups -OCH3 is 1. The lowest BCUT2D eigenvalue weighted by molar-refractivity contribution is -0.193. The van der Waals surface area contributed by atoms with Crippen LogP contribution in [0.15, 0.2) is 40.7 Å². The number of aryl methyl sites for hydroxylation is 1. The number of β-lactam (4-membered cyclic amide) rings is 1. The highest BCUT2D eigenvalue weighted by Gasteiger charge is 2.67. The molecule has 4 rings (SSSR count). The van der Waals surface area contributed by atoms with Crippen LogP contribution in [-0.2, 0) is 35.8 Å². The van der Waals surface area contributed by atoms with E-state index in [9.17, 15) is 34.2 Å². The third kappa shape index (κ3) is 5.19. The number of hydrogen-bond acceptors (Lipinski definition) is 12. The molecule has 1 aromatic carbocycles. The molecule has 0 radical (unpaired) electrons. The van der Waals surface area contributed by atoms with Crippen LogP contribution in [0.3, 0.4) is 0 Å². The number of ether oxygens (including phenoxy) is 2. The number of carboxylic acids is 2. The molecule has 1 aromatic heterocycles. The summed E-state index contributed by atoms with van der Waals surface area (Å²) in [6, 6.07) is 5.28. The van der Waals surface area contributed by atoms with E-state index in [4.69, 9.17) is 9.47 Å². The topological polar surface area (TPSA) is 203 Å². The Morgan fingerprint density at radius 3 is 2.49 bits per heavy atom. The highest BCUT2D eigenvalue weighted by molar-refractivity contribution is 8.01. The second-order valence-electron chi connectivity index (χ2n) is 8.33. The summed E-state index contributed by atoms with van der Waals surface area (Å²) >= 11 is 2.36. The molecule has 206 valence electrons. The third-order valence-electron chi connectivity index (χ3n) is 5.88. The van der Waals surface area contributed by atoms with Crippen LogP contribution in [0.4, 0.5) is 0 Å². The van der Waals surface area contributed by atoms with Gasteiger partial charge < -0.3 is 25.0 Å². The predicted molar refractivity (Wildman–Crippen MR) is 133 cm³/mol. The average Bonchev–Trinajstić information content (AvgIpc) is 3.30. The molecule has 2 amide bonds. The van der Waals surface area contributed by atoms with Crippen LogP contribution in [-0.4, -0.2) is 94.8 Å². The van der Waals surface area contributed by atoms with Gasteiger partial charge in [-0.15, -0.1) is 16.9 Å². The Hall–Kier alpha value is -3.96. The van der Waals surface area contributed by atoms with E-state index in [1.165, 1.54) is 47.6 Å². The molecule has 1 unspecified atom stereocenters. The number of benzene rings is 1. The van der Waals surface area contributed by atoms with Crippen LogP contribution in [0.1, 0.15) is 18.4 Å². The van der Waals surface area contributed by atoms with E-state index in [1.807, 2.05) is 0 Å². The number of aliphatic carboxylic acids is 2. The molecular weight excluding hydrogens is 556 g/mol. The van der Waals surface area contributed by atoms with Crippen LogP contribution < -0.4 is 10.1 Å². The lowest BCUT2D eigenvalue weighted by Gasteiger charge is -2.56. The maximum absolute atomic E-state index is 13.3. The Morgan fingerprint density at radius 2 is 1.95 bits per heavy atom. The van der Waals surface area contributed by atoms with Gasteiger partial charge in [0.1, 0.15) is 16.8 Å². The minimum Gasteiger partial charge on any atom is -0.480 e. The van der Waals surface area contributed by atoms with Gasteiger partial charge in [-0.3, -0.25) is 24.1 Å². The zero-order valence-corrected chi connectivity index (χ0v) is 22.3. The smallest absolute Gasteiger partial charge is 0.352 e. The van der Waals surface area contributed by atoms with E-state index >= 15 is 0 Å². The fourth-order valence-corrected chi connectivity index (χ4v) is 6.53. The molecule has 2 aliphatic heterocycles. The number of hydrogen-bond donors (Lipinski definition) is 3. The van der Waals surface area contributed by atoms with Crippen LogP contribution in [0.25, 0.3) is 0 Å². The first-order chi connectivity index (χ1) is 18.5. The Morgan fingerprint density at radius 1 is 1.26 bits per heavy atom. The number of carbonyl (C=O) groups excluding carboxylic acids is 3. The molecule has 0 bridgehead atoms. The number of esters is 1. The van der Waals surface area contributed by atoms with Crippen LogP contribution in [0, 0.1) is 0 Å². The van der Waals surface area contributed by atoms with Crippen LogP contribution in [0.5, 0.6) is 5.75 Å².